The molecule has 4 rings (SSSR count). The highest BCUT2D eigenvalue weighted by Gasteiger charge is 2.22. The van der Waals surface area contributed by atoms with E-state index in [1.807, 2.05) is 6.07 Å². The highest BCUT2D eigenvalue weighted by Crippen LogP contribution is 2.35. The third-order valence-electron chi connectivity index (χ3n) is 4.45. The first-order valence-electron chi connectivity index (χ1n) is 8.63. The van der Waals surface area contributed by atoms with Gasteiger partial charge in [0.1, 0.15) is 11.1 Å². The van der Waals surface area contributed by atoms with Crippen molar-refractivity contribution in [2.45, 2.75) is 6.54 Å². The van der Waals surface area contributed by atoms with Crippen molar-refractivity contribution in [2.24, 2.45) is 0 Å². The first-order chi connectivity index (χ1) is 13.3. The van der Waals surface area contributed by atoms with Gasteiger partial charge in [0, 0.05) is 31.6 Å². The molecule has 3 aromatic heterocycles. The Morgan fingerprint density at radius 3 is 2.71 bits per heavy atom. The topological polar surface area (TPSA) is 116 Å². The predicted molar refractivity (Wildman–Crippen MR) is 111 cm³/mol. The minimum atomic E-state index is -3.26. The Labute approximate surface area is 170 Å². The van der Waals surface area contributed by atoms with Gasteiger partial charge in [0.2, 0.25) is 10.0 Å². The fraction of sp³-hybridized carbons (Fsp3) is 0.438. The molecule has 1 aliphatic rings. The molecule has 12 heteroatoms. The Balaban J connectivity index is 1.80. The van der Waals surface area contributed by atoms with E-state index in [0.29, 0.717) is 30.7 Å². The van der Waals surface area contributed by atoms with Crippen LogP contribution >= 0.6 is 22.7 Å². The van der Waals surface area contributed by atoms with Gasteiger partial charge >= 0.3 is 5.13 Å². The molecule has 3 aromatic rings. The molecule has 3 N–H and O–H groups in total. The van der Waals surface area contributed by atoms with Gasteiger partial charge < -0.3 is 9.64 Å². The Morgan fingerprint density at radius 2 is 2.07 bits per heavy atom. The smallest absolute Gasteiger partial charge is 0.330 e. The number of ether oxygens (including phenoxy) is 1. The van der Waals surface area contributed by atoms with Crippen molar-refractivity contribution in [3.63, 3.8) is 0 Å². The van der Waals surface area contributed by atoms with Crippen molar-refractivity contribution >= 4 is 53.9 Å². The molecule has 1 fully saturated rings. The van der Waals surface area contributed by atoms with Crippen LogP contribution in [0.4, 0.5) is 10.9 Å². The quantitative estimate of drug-likeness (QED) is 0.629. The molecule has 28 heavy (non-hydrogen) atoms. The normalized spacial score (nSPS) is 15.6. The Kier molecular flexibility index (Phi) is 5.22. The van der Waals surface area contributed by atoms with Crippen LogP contribution in [0.1, 0.15) is 4.88 Å². The third-order valence-corrected chi connectivity index (χ3v) is 7.67. The van der Waals surface area contributed by atoms with E-state index >= 15 is 0 Å². The molecule has 0 amide bonds. The highest BCUT2D eigenvalue weighted by atomic mass is 32.2. The number of hydrogen-bond acceptors (Lipinski definition) is 9. The SMILES string of the molecule is CN(Cc1cc2nc(-c3c[nH+]c(N)s3)nc(N3CCOCC3)c2s1)S(C)(=O)=O. The molecule has 0 radical (unpaired) electrons. The lowest BCUT2D eigenvalue weighted by Crippen LogP contribution is -2.36. The first kappa shape index (κ1) is 19.5. The summed E-state index contributed by atoms with van der Waals surface area (Å²) < 4.78 is 31.3. The highest BCUT2D eigenvalue weighted by molar-refractivity contribution is 7.88. The summed E-state index contributed by atoms with van der Waals surface area (Å²) in [5.74, 6) is 1.46. The summed E-state index contributed by atoms with van der Waals surface area (Å²) in [5, 5.41) is 0.590. The maximum absolute atomic E-state index is 11.8. The van der Waals surface area contributed by atoms with Crippen molar-refractivity contribution in [1.82, 2.24) is 14.3 Å². The average molecular weight is 442 g/mol. The number of morpholine rings is 1. The molecule has 0 atom stereocenters. The molecular formula is C16H21N6O3S3+. The number of hydrogen-bond donors (Lipinski definition) is 1. The van der Waals surface area contributed by atoms with E-state index in [4.69, 9.17) is 20.4 Å². The van der Waals surface area contributed by atoms with Crippen LogP contribution in [0.2, 0.25) is 0 Å². The van der Waals surface area contributed by atoms with Crippen LogP contribution < -0.4 is 15.6 Å². The van der Waals surface area contributed by atoms with Crippen molar-refractivity contribution in [3.05, 3.63) is 17.1 Å². The second-order valence-electron chi connectivity index (χ2n) is 6.54. The number of aromatic amines is 1. The zero-order valence-electron chi connectivity index (χ0n) is 15.5. The van der Waals surface area contributed by atoms with Gasteiger partial charge in [-0.05, 0) is 17.4 Å². The van der Waals surface area contributed by atoms with Gasteiger partial charge in [-0.3, -0.25) is 5.73 Å². The molecule has 0 bridgehead atoms. The van der Waals surface area contributed by atoms with Gasteiger partial charge in [-0.2, -0.15) is 0 Å². The summed E-state index contributed by atoms with van der Waals surface area (Å²) >= 11 is 2.92. The van der Waals surface area contributed by atoms with Gasteiger partial charge in [-0.15, -0.1) is 11.3 Å². The predicted octanol–water partition coefficient (Wildman–Crippen LogP) is 1.04. The minimum absolute atomic E-state index is 0.303. The minimum Gasteiger partial charge on any atom is -0.378 e. The summed E-state index contributed by atoms with van der Waals surface area (Å²) in [6.07, 6.45) is 3.00. The van der Waals surface area contributed by atoms with Gasteiger partial charge in [0.15, 0.2) is 11.6 Å². The number of aromatic nitrogens is 3. The van der Waals surface area contributed by atoms with Crippen LogP contribution in [0.3, 0.4) is 0 Å². The zero-order chi connectivity index (χ0) is 19.9. The largest absolute Gasteiger partial charge is 0.378 e. The van der Waals surface area contributed by atoms with Crippen molar-refractivity contribution in [2.75, 3.05) is 50.2 Å². The monoisotopic (exact) mass is 441 g/mol. The molecule has 0 aromatic carbocycles. The van der Waals surface area contributed by atoms with E-state index in [9.17, 15) is 8.42 Å². The van der Waals surface area contributed by atoms with Gasteiger partial charge in [0.25, 0.3) is 0 Å². The zero-order valence-corrected chi connectivity index (χ0v) is 18.0. The fourth-order valence-electron chi connectivity index (χ4n) is 2.90. The van der Waals surface area contributed by atoms with Crippen molar-refractivity contribution < 1.29 is 18.1 Å². The van der Waals surface area contributed by atoms with E-state index in [1.165, 1.54) is 33.2 Å². The standard InChI is InChI=1S/C16H20N6O3S3/c1-21(28(2,23)24)9-10-7-11-13(26-10)15(22-3-5-25-6-4-22)20-14(19-11)12-8-18-16(17)27-12/h7-8H,3-6,9H2,1-2H3,(H2,17,18)/p+1. The summed E-state index contributed by atoms with van der Waals surface area (Å²) in [5.41, 5.74) is 6.64. The number of nitrogens with two attached hydrogens (primary N) is 1. The summed E-state index contributed by atoms with van der Waals surface area (Å²) in [7, 11) is -1.68. The lowest BCUT2D eigenvalue weighted by Gasteiger charge is -2.28. The maximum atomic E-state index is 11.8. The number of sulfonamides is 1. The molecule has 0 unspecified atom stereocenters. The van der Waals surface area contributed by atoms with Crippen LogP contribution in [-0.2, 0) is 21.3 Å². The molecule has 9 nitrogen and oxygen atoms in total. The Hall–Kier alpha value is -1.86. The third kappa shape index (κ3) is 3.96. The number of thiazole rings is 1. The van der Waals surface area contributed by atoms with Gasteiger partial charge in [0.05, 0.1) is 29.7 Å². The lowest BCUT2D eigenvalue weighted by molar-refractivity contribution is -0.353. The number of nitrogen functional groups attached to an aromatic ring is 1. The fourth-order valence-corrected chi connectivity index (χ4v) is 5.18. The lowest BCUT2D eigenvalue weighted by atomic mass is 10.3. The number of thiophene rings is 1. The molecule has 4 heterocycles. The summed E-state index contributed by atoms with van der Waals surface area (Å²) in [6.45, 7) is 3.10. The number of anilines is 2. The summed E-state index contributed by atoms with van der Waals surface area (Å²) in [6, 6.07) is 1.94. The second-order valence-corrected chi connectivity index (χ2v) is 10.8. The van der Waals surface area contributed by atoms with Crippen LogP contribution in [0.15, 0.2) is 12.3 Å². The van der Waals surface area contributed by atoms with Crippen LogP contribution in [0.5, 0.6) is 0 Å². The van der Waals surface area contributed by atoms with E-state index in [1.54, 1.807) is 13.2 Å². The van der Waals surface area contributed by atoms with Gasteiger partial charge in [-0.1, -0.05) is 0 Å². The molecule has 1 saturated heterocycles. The van der Waals surface area contributed by atoms with Crippen molar-refractivity contribution in [1.29, 1.82) is 0 Å². The Bertz CT molecular complexity index is 1100. The molecule has 0 aliphatic carbocycles. The van der Waals surface area contributed by atoms with E-state index in [2.05, 4.69) is 9.88 Å². The summed E-state index contributed by atoms with van der Waals surface area (Å²) in [4.78, 5) is 16.5. The molecule has 150 valence electrons. The van der Waals surface area contributed by atoms with Crippen LogP contribution in [0.25, 0.3) is 20.9 Å². The number of nitrogens with one attached hydrogen (secondary N) is 1. The van der Waals surface area contributed by atoms with E-state index in [0.717, 1.165) is 38.9 Å². The number of rotatable bonds is 5. The number of H-pyrrole nitrogens is 1. The Morgan fingerprint density at radius 1 is 1.32 bits per heavy atom. The molecule has 1 aliphatic heterocycles. The molecule has 0 spiro atoms. The first-order valence-corrected chi connectivity index (χ1v) is 12.1. The number of nitrogens with zero attached hydrogens (tertiary/aromatic N) is 4. The van der Waals surface area contributed by atoms with E-state index in [-0.39, 0.29) is 0 Å². The van der Waals surface area contributed by atoms with Gasteiger partial charge in [-0.25, -0.2) is 27.7 Å². The number of fused-ring (bicyclic) bond motifs is 1. The molecule has 0 saturated carbocycles. The van der Waals surface area contributed by atoms with Crippen LogP contribution in [0, 0.1) is 0 Å². The van der Waals surface area contributed by atoms with Crippen molar-refractivity contribution in [3.8, 4) is 10.7 Å². The average Bonchev–Trinajstić information content (AvgIpc) is 3.26. The second kappa shape index (κ2) is 7.52. The van der Waals surface area contributed by atoms with E-state index < -0.39 is 10.0 Å². The maximum Gasteiger partial charge on any atom is 0.330 e. The molecular weight excluding hydrogens is 420 g/mol. The van der Waals surface area contributed by atoms with Crippen LogP contribution in [-0.4, -0.2) is 62.3 Å².